The van der Waals surface area contributed by atoms with E-state index in [-0.39, 0.29) is 0 Å². The van der Waals surface area contributed by atoms with Gasteiger partial charge in [0.25, 0.3) is 0 Å². The quantitative estimate of drug-likeness (QED) is 0.415. The molecule has 0 fully saturated rings. The third-order valence-electron chi connectivity index (χ3n) is 0.670. The maximum atomic E-state index is 4.80. The van der Waals surface area contributed by atoms with Gasteiger partial charge in [0.2, 0.25) is 0 Å². The Bertz CT molecular complexity index is 68.5. The van der Waals surface area contributed by atoms with Crippen LogP contribution < -0.4 is 5.48 Å². The van der Waals surface area contributed by atoms with Gasteiger partial charge in [-0.15, -0.1) is 0 Å². The van der Waals surface area contributed by atoms with E-state index in [1.165, 1.54) is 0 Å². The van der Waals surface area contributed by atoms with Gasteiger partial charge in [-0.25, -0.2) is 0 Å². The highest BCUT2D eigenvalue weighted by molar-refractivity contribution is 4.82. The molecule has 0 saturated heterocycles. The predicted molar refractivity (Wildman–Crippen MR) is 29.6 cm³/mol. The molecule has 2 nitrogen and oxygen atoms in total. The molecule has 0 rings (SSSR count). The van der Waals surface area contributed by atoms with Crippen LogP contribution in [0, 0.1) is 0 Å². The van der Waals surface area contributed by atoms with Crippen molar-refractivity contribution >= 4 is 0 Å². The Morgan fingerprint density at radius 3 is 2.43 bits per heavy atom. The first-order valence-electron chi connectivity index (χ1n) is 2.27. The van der Waals surface area contributed by atoms with E-state index >= 15 is 0 Å². The van der Waals surface area contributed by atoms with Crippen molar-refractivity contribution < 1.29 is 4.84 Å². The lowest BCUT2D eigenvalue weighted by atomic mass is 10.5. The predicted octanol–water partition coefficient (Wildman–Crippen LogP) is 1.06. The van der Waals surface area contributed by atoms with E-state index in [1.54, 1.807) is 7.05 Å². The monoisotopic (exact) mass is 101 g/mol. The second kappa shape index (κ2) is 3.68. The average molecular weight is 101 g/mol. The van der Waals surface area contributed by atoms with Crippen LogP contribution in [0.3, 0.4) is 0 Å². The summed E-state index contributed by atoms with van der Waals surface area (Å²) in [5.74, 6) is 0.891. The number of rotatable bonds is 2. The minimum absolute atomic E-state index is 0.891. The number of hydrogen-bond donors (Lipinski definition) is 1. The molecule has 0 heterocycles. The Labute approximate surface area is 44.1 Å². The molecule has 42 valence electrons. The van der Waals surface area contributed by atoms with Crippen molar-refractivity contribution in [2.75, 3.05) is 7.05 Å². The van der Waals surface area contributed by atoms with Crippen molar-refractivity contribution in [2.45, 2.75) is 13.8 Å². The molecule has 0 radical (unpaired) electrons. The molecule has 1 N–H and O–H groups in total. The van der Waals surface area contributed by atoms with Gasteiger partial charge in [-0.2, -0.15) is 5.48 Å². The van der Waals surface area contributed by atoms with Crippen LogP contribution in [-0.2, 0) is 4.84 Å². The first kappa shape index (κ1) is 6.50. The fourth-order valence-electron chi connectivity index (χ4n) is 0.220. The summed E-state index contributed by atoms with van der Waals surface area (Å²) in [7, 11) is 1.73. The second-order valence-corrected chi connectivity index (χ2v) is 1.21. The topological polar surface area (TPSA) is 21.3 Å². The normalized spacial score (nSPS) is 11.6. The van der Waals surface area contributed by atoms with Crippen LogP contribution >= 0.6 is 0 Å². The molecule has 0 aliphatic rings. The fourth-order valence-corrected chi connectivity index (χ4v) is 0.220. The molecule has 0 amide bonds. The molecule has 2 heteroatoms. The van der Waals surface area contributed by atoms with E-state index in [4.69, 9.17) is 4.84 Å². The molecule has 7 heavy (non-hydrogen) atoms. The molecule has 0 bridgehead atoms. The lowest BCUT2D eigenvalue weighted by Gasteiger charge is -1.98. The largest absolute Gasteiger partial charge is 0.414 e. The van der Waals surface area contributed by atoms with Gasteiger partial charge in [0.15, 0.2) is 0 Å². The molecule has 0 aliphatic heterocycles. The standard InChI is InChI=1S/C5H11NO/c1-4-5(2)7-6-3/h4,6H,1-3H3/b5-4+. The lowest BCUT2D eigenvalue weighted by Crippen LogP contribution is -2.04. The van der Waals surface area contributed by atoms with Gasteiger partial charge >= 0.3 is 0 Å². The van der Waals surface area contributed by atoms with E-state index in [2.05, 4.69) is 5.48 Å². The smallest absolute Gasteiger partial charge is 0.116 e. The van der Waals surface area contributed by atoms with Crippen LogP contribution in [0.2, 0.25) is 0 Å². The summed E-state index contributed by atoms with van der Waals surface area (Å²) in [4.78, 5) is 4.80. The van der Waals surface area contributed by atoms with Crippen LogP contribution in [0.1, 0.15) is 13.8 Å². The van der Waals surface area contributed by atoms with E-state index in [1.807, 2.05) is 19.9 Å². The molecule has 0 atom stereocenters. The summed E-state index contributed by atoms with van der Waals surface area (Å²) < 4.78 is 0. The summed E-state index contributed by atoms with van der Waals surface area (Å²) in [5.41, 5.74) is 2.55. The average Bonchev–Trinajstić information content (AvgIpc) is 1.68. The summed E-state index contributed by atoms with van der Waals surface area (Å²) in [5, 5.41) is 0. The van der Waals surface area contributed by atoms with Crippen LogP contribution in [0.15, 0.2) is 11.8 Å². The molecule has 0 aromatic carbocycles. The summed E-state index contributed by atoms with van der Waals surface area (Å²) >= 11 is 0. The molecular weight excluding hydrogens is 90.1 g/mol. The molecule has 0 aromatic heterocycles. The lowest BCUT2D eigenvalue weighted by molar-refractivity contribution is 0.128. The maximum absolute atomic E-state index is 4.80. The van der Waals surface area contributed by atoms with Crippen molar-refractivity contribution in [1.82, 2.24) is 5.48 Å². The summed E-state index contributed by atoms with van der Waals surface area (Å²) in [6.07, 6.45) is 1.89. The number of hydrogen-bond acceptors (Lipinski definition) is 2. The van der Waals surface area contributed by atoms with Crippen molar-refractivity contribution in [3.63, 3.8) is 0 Å². The Morgan fingerprint density at radius 2 is 2.29 bits per heavy atom. The van der Waals surface area contributed by atoms with Crippen LogP contribution in [0.4, 0.5) is 0 Å². The summed E-state index contributed by atoms with van der Waals surface area (Å²) in [6.45, 7) is 3.81. The minimum atomic E-state index is 0.891. The van der Waals surface area contributed by atoms with Crippen molar-refractivity contribution in [2.24, 2.45) is 0 Å². The first-order valence-corrected chi connectivity index (χ1v) is 2.27. The van der Waals surface area contributed by atoms with Gasteiger partial charge in [0, 0.05) is 7.05 Å². The molecule has 0 aromatic rings. The highest BCUT2D eigenvalue weighted by Gasteiger charge is 1.77. The highest BCUT2D eigenvalue weighted by Crippen LogP contribution is 1.87. The Morgan fingerprint density at radius 1 is 1.71 bits per heavy atom. The number of hydroxylamine groups is 1. The molecule has 0 aliphatic carbocycles. The first-order chi connectivity index (χ1) is 3.31. The third-order valence-corrected chi connectivity index (χ3v) is 0.670. The highest BCUT2D eigenvalue weighted by atomic mass is 16.6. The number of allylic oxidation sites excluding steroid dienone is 2. The van der Waals surface area contributed by atoms with Crippen molar-refractivity contribution in [1.29, 1.82) is 0 Å². The molecular formula is C5H11NO. The molecule has 0 unspecified atom stereocenters. The zero-order valence-electron chi connectivity index (χ0n) is 4.99. The fraction of sp³-hybridized carbons (Fsp3) is 0.600. The van der Waals surface area contributed by atoms with Gasteiger partial charge in [-0.3, -0.25) is 0 Å². The van der Waals surface area contributed by atoms with Gasteiger partial charge in [0.1, 0.15) is 5.76 Å². The Kier molecular flexibility index (Phi) is 3.42. The van der Waals surface area contributed by atoms with Gasteiger partial charge in [0.05, 0.1) is 0 Å². The van der Waals surface area contributed by atoms with Gasteiger partial charge in [-0.05, 0) is 19.9 Å². The number of nitrogens with one attached hydrogen (secondary N) is 1. The maximum Gasteiger partial charge on any atom is 0.116 e. The Hall–Kier alpha value is -0.500. The third kappa shape index (κ3) is 3.33. The SMILES string of the molecule is C/C=C(\C)ONC. The van der Waals surface area contributed by atoms with Gasteiger partial charge < -0.3 is 4.84 Å². The van der Waals surface area contributed by atoms with Crippen molar-refractivity contribution in [3.05, 3.63) is 11.8 Å². The molecule has 0 saturated carbocycles. The van der Waals surface area contributed by atoms with E-state index in [0.29, 0.717) is 0 Å². The van der Waals surface area contributed by atoms with Crippen molar-refractivity contribution in [3.8, 4) is 0 Å². The van der Waals surface area contributed by atoms with E-state index < -0.39 is 0 Å². The zero-order chi connectivity index (χ0) is 5.70. The van der Waals surface area contributed by atoms with E-state index in [9.17, 15) is 0 Å². The second-order valence-electron chi connectivity index (χ2n) is 1.21. The van der Waals surface area contributed by atoms with Crippen LogP contribution in [0.5, 0.6) is 0 Å². The molecule has 0 spiro atoms. The summed E-state index contributed by atoms with van der Waals surface area (Å²) in [6, 6.07) is 0. The minimum Gasteiger partial charge on any atom is -0.414 e. The van der Waals surface area contributed by atoms with Gasteiger partial charge in [-0.1, -0.05) is 0 Å². The zero-order valence-corrected chi connectivity index (χ0v) is 4.99. The Balaban J connectivity index is 3.17. The van der Waals surface area contributed by atoms with Crippen LogP contribution in [0.25, 0.3) is 0 Å². The van der Waals surface area contributed by atoms with E-state index in [0.717, 1.165) is 5.76 Å². The van der Waals surface area contributed by atoms with Crippen LogP contribution in [-0.4, -0.2) is 7.05 Å².